The molecule has 0 bridgehead atoms. The van der Waals surface area contributed by atoms with Crippen LogP contribution in [0.2, 0.25) is 0 Å². The van der Waals surface area contributed by atoms with Gasteiger partial charge in [-0.05, 0) is 58.7 Å². The Bertz CT molecular complexity index is 2720. The van der Waals surface area contributed by atoms with Gasteiger partial charge in [0.05, 0.1) is 17.1 Å². The van der Waals surface area contributed by atoms with E-state index < -0.39 is 0 Å². The molecule has 4 heteroatoms. The molecular formula is C46H31N3S. The first-order valence-electron chi connectivity index (χ1n) is 17.0. The van der Waals surface area contributed by atoms with Crippen molar-refractivity contribution in [1.82, 2.24) is 9.88 Å². The maximum Gasteiger partial charge on any atom is 0.133 e. The Kier molecular flexibility index (Phi) is 6.74. The third-order valence-corrected chi connectivity index (χ3v) is 11.1. The Labute approximate surface area is 294 Å². The summed E-state index contributed by atoms with van der Waals surface area (Å²) in [5.74, 6) is 0.885. The first-order valence-corrected chi connectivity index (χ1v) is 17.8. The molecule has 50 heavy (non-hydrogen) atoms. The van der Waals surface area contributed by atoms with E-state index in [1.807, 2.05) is 17.4 Å². The maximum atomic E-state index is 5.34. The molecule has 9 aromatic rings. The van der Waals surface area contributed by atoms with E-state index in [2.05, 4.69) is 180 Å². The lowest BCUT2D eigenvalue weighted by Crippen LogP contribution is -2.27. The highest BCUT2D eigenvalue weighted by Crippen LogP contribution is 2.45. The molecule has 0 fully saturated rings. The number of rotatable bonds is 5. The van der Waals surface area contributed by atoms with Crippen molar-refractivity contribution in [3.05, 3.63) is 193 Å². The number of hydrogen-bond donors (Lipinski definition) is 1. The van der Waals surface area contributed by atoms with Gasteiger partial charge in [0.1, 0.15) is 5.84 Å². The topological polar surface area (TPSA) is 29.3 Å². The highest BCUT2D eigenvalue weighted by molar-refractivity contribution is 7.26. The van der Waals surface area contributed by atoms with Crippen LogP contribution >= 0.6 is 11.3 Å². The van der Waals surface area contributed by atoms with Gasteiger partial charge in [-0.3, -0.25) is 4.99 Å². The zero-order valence-electron chi connectivity index (χ0n) is 27.1. The van der Waals surface area contributed by atoms with Crippen LogP contribution in [-0.4, -0.2) is 10.4 Å². The average molecular weight is 658 g/mol. The molecule has 3 nitrogen and oxygen atoms in total. The summed E-state index contributed by atoms with van der Waals surface area (Å²) >= 11 is 1.88. The van der Waals surface area contributed by atoms with Crippen molar-refractivity contribution in [3.63, 3.8) is 0 Å². The monoisotopic (exact) mass is 657 g/mol. The molecule has 236 valence electrons. The molecule has 0 amide bonds. The van der Waals surface area contributed by atoms with Crippen LogP contribution < -0.4 is 5.32 Å². The largest absolute Gasteiger partial charge is 0.340 e. The van der Waals surface area contributed by atoms with Crippen molar-refractivity contribution in [2.45, 2.75) is 6.04 Å². The molecule has 0 radical (unpaired) electrons. The number of nitrogens with zero attached hydrogens (tertiary/aromatic N) is 2. The number of aromatic nitrogens is 1. The van der Waals surface area contributed by atoms with E-state index in [-0.39, 0.29) is 6.04 Å². The van der Waals surface area contributed by atoms with Crippen molar-refractivity contribution in [2.24, 2.45) is 4.99 Å². The number of para-hydroxylation sites is 2. The first-order chi connectivity index (χ1) is 24.8. The van der Waals surface area contributed by atoms with E-state index in [4.69, 9.17) is 4.99 Å². The SMILES string of the molecule is C1=C(c2ccccc2)NC(c2ccccc2)=NC1c1cccc2sc3c(-c4ccc5c6ccccc6n(-c6ccccc6)c5c4)cccc3c12. The van der Waals surface area contributed by atoms with Gasteiger partial charge in [-0.15, -0.1) is 11.3 Å². The van der Waals surface area contributed by atoms with Crippen LogP contribution in [0, 0.1) is 0 Å². The van der Waals surface area contributed by atoms with Crippen LogP contribution in [0.5, 0.6) is 0 Å². The van der Waals surface area contributed by atoms with Crippen LogP contribution in [0.3, 0.4) is 0 Å². The molecule has 1 N–H and O–H groups in total. The lowest BCUT2D eigenvalue weighted by molar-refractivity contribution is 0.890. The molecule has 0 saturated heterocycles. The van der Waals surface area contributed by atoms with Crippen LogP contribution in [-0.2, 0) is 0 Å². The van der Waals surface area contributed by atoms with Gasteiger partial charge in [0.2, 0.25) is 0 Å². The molecule has 2 aromatic heterocycles. The molecule has 0 aliphatic carbocycles. The Hall–Kier alpha value is -6.23. The summed E-state index contributed by atoms with van der Waals surface area (Å²) in [4.78, 5) is 5.34. The minimum Gasteiger partial charge on any atom is -0.340 e. The van der Waals surface area contributed by atoms with Crippen molar-refractivity contribution >= 4 is 64.8 Å². The van der Waals surface area contributed by atoms with Gasteiger partial charge in [-0.25, -0.2) is 0 Å². The number of nitrogens with one attached hydrogen (secondary N) is 1. The summed E-state index contributed by atoms with van der Waals surface area (Å²) in [6.07, 6.45) is 2.28. The fourth-order valence-corrected chi connectivity index (χ4v) is 8.84. The zero-order chi connectivity index (χ0) is 33.0. The van der Waals surface area contributed by atoms with Crippen molar-refractivity contribution in [3.8, 4) is 16.8 Å². The van der Waals surface area contributed by atoms with Crippen LogP contribution in [0.25, 0.3) is 64.5 Å². The molecule has 0 spiro atoms. The van der Waals surface area contributed by atoms with E-state index in [9.17, 15) is 0 Å². The molecule has 1 aliphatic heterocycles. The zero-order valence-corrected chi connectivity index (χ0v) is 27.9. The summed E-state index contributed by atoms with van der Waals surface area (Å²) in [7, 11) is 0. The van der Waals surface area contributed by atoms with Gasteiger partial charge in [0, 0.05) is 47.9 Å². The molecule has 1 aliphatic rings. The average Bonchev–Trinajstić information content (AvgIpc) is 3.74. The van der Waals surface area contributed by atoms with E-state index in [1.165, 1.54) is 64.4 Å². The quantitative estimate of drug-likeness (QED) is 0.196. The molecule has 7 aromatic carbocycles. The van der Waals surface area contributed by atoms with Gasteiger partial charge in [0.15, 0.2) is 0 Å². The minimum absolute atomic E-state index is 0.148. The highest BCUT2D eigenvalue weighted by Gasteiger charge is 2.23. The van der Waals surface area contributed by atoms with Gasteiger partial charge < -0.3 is 9.88 Å². The Morgan fingerprint density at radius 2 is 1.22 bits per heavy atom. The number of fused-ring (bicyclic) bond motifs is 6. The highest BCUT2D eigenvalue weighted by atomic mass is 32.1. The third kappa shape index (κ3) is 4.68. The smallest absolute Gasteiger partial charge is 0.133 e. The van der Waals surface area contributed by atoms with Gasteiger partial charge >= 0.3 is 0 Å². The van der Waals surface area contributed by atoms with Crippen LogP contribution in [0.4, 0.5) is 0 Å². The predicted octanol–water partition coefficient (Wildman–Crippen LogP) is 12.0. The summed E-state index contributed by atoms with van der Waals surface area (Å²) in [6.45, 7) is 0. The number of benzene rings is 7. The van der Waals surface area contributed by atoms with E-state index in [1.54, 1.807) is 0 Å². The number of thiophene rings is 1. The molecule has 3 heterocycles. The summed E-state index contributed by atoms with van der Waals surface area (Å²) in [5.41, 5.74) is 10.6. The lowest BCUT2D eigenvalue weighted by Gasteiger charge is -2.24. The Balaban J connectivity index is 1.16. The summed E-state index contributed by atoms with van der Waals surface area (Å²) < 4.78 is 4.96. The molecule has 10 rings (SSSR count). The third-order valence-electron chi connectivity index (χ3n) is 9.85. The number of amidine groups is 1. The second-order valence-corrected chi connectivity index (χ2v) is 13.8. The molecular weight excluding hydrogens is 627 g/mol. The van der Waals surface area contributed by atoms with Gasteiger partial charge in [-0.2, -0.15) is 0 Å². The number of aliphatic imine (C=N–C) groups is 1. The van der Waals surface area contributed by atoms with Gasteiger partial charge in [-0.1, -0.05) is 140 Å². The van der Waals surface area contributed by atoms with Crippen molar-refractivity contribution < 1.29 is 0 Å². The second-order valence-electron chi connectivity index (χ2n) is 12.8. The Morgan fingerprint density at radius 1 is 0.540 bits per heavy atom. The normalized spacial score (nSPS) is 14.6. The van der Waals surface area contributed by atoms with Crippen molar-refractivity contribution in [2.75, 3.05) is 0 Å². The van der Waals surface area contributed by atoms with Crippen LogP contribution in [0.1, 0.15) is 22.7 Å². The molecule has 0 saturated carbocycles. The lowest BCUT2D eigenvalue weighted by atomic mass is 9.95. The minimum atomic E-state index is -0.148. The Morgan fingerprint density at radius 3 is 2.04 bits per heavy atom. The fourth-order valence-electron chi connectivity index (χ4n) is 7.57. The van der Waals surface area contributed by atoms with Gasteiger partial charge in [0.25, 0.3) is 0 Å². The van der Waals surface area contributed by atoms with E-state index >= 15 is 0 Å². The maximum absolute atomic E-state index is 5.34. The van der Waals surface area contributed by atoms with Crippen molar-refractivity contribution in [1.29, 1.82) is 0 Å². The second kappa shape index (κ2) is 11.7. The standard InChI is InChI=1S/C46H31N3S/c1-4-14-30(15-5-1)39-29-40(48-46(47-39)31-16-6-2-7-17-31)37-22-13-25-43-44(37)38-23-12-21-34(45(38)50-43)32-26-27-36-35-20-10-11-24-41(35)49(42(36)28-32)33-18-8-3-9-19-33/h1-29,40H,(H,47,48). The first kappa shape index (κ1) is 28.8. The van der Waals surface area contributed by atoms with E-state index in [0.717, 1.165) is 22.7 Å². The number of hydrogen-bond acceptors (Lipinski definition) is 3. The summed E-state index contributed by atoms with van der Waals surface area (Å²) in [6, 6.07) is 60.7. The van der Waals surface area contributed by atoms with Crippen LogP contribution in [0.15, 0.2) is 181 Å². The molecule has 1 unspecified atom stereocenters. The molecule has 1 atom stereocenters. The van der Waals surface area contributed by atoms with E-state index in [0.29, 0.717) is 0 Å². The summed E-state index contributed by atoms with van der Waals surface area (Å²) in [5, 5.41) is 8.72. The fraction of sp³-hybridized carbons (Fsp3) is 0.0217. The predicted molar refractivity (Wildman–Crippen MR) is 212 cm³/mol.